The molecule has 0 saturated carbocycles. The van der Waals surface area contributed by atoms with Crippen molar-refractivity contribution in [2.24, 2.45) is 0 Å². The third-order valence-electron chi connectivity index (χ3n) is 4.40. The van der Waals surface area contributed by atoms with Gasteiger partial charge in [-0.1, -0.05) is 35.9 Å². The van der Waals surface area contributed by atoms with E-state index in [0.717, 1.165) is 34.5 Å². The van der Waals surface area contributed by atoms with Gasteiger partial charge in [-0.05, 0) is 51.0 Å². The number of para-hydroxylation sites is 1. The average Bonchev–Trinajstić information content (AvgIpc) is 2.70. The molecule has 0 fully saturated rings. The first-order chi connectivity index (χ1) is 14.7. The first-order valence-corrected chi connectivity index (χ1v) is 9.85. The molecule has 0 radical (unpaired) electrons. The van der Waals surface area contributed by atoms with Crippen LogP contribution in [0.1, 0.15) is 28.8 Å². The Hall–Kier alpha value is -3.61. The number of ether oxygens (including phenoxy) is 2. The van der Waals surface area contributed by atoms with E-state index in [1.165, 1.54) is 16.7 Å². The predicted octanol–water partition coefficient (Wildman–Crippen LogP) is 4.47. The van der Waals surface area contributed by atoms with Crippen LogP contribution in [-0.4, -0.2) is 40.3 Å². The second-order valence-corrected chi connectivity index (χ2v) is 7.17. The lowest BCUT2D eigenvalue weighted by Crippen LogP contribution is -2.09. The predicted molar refractivity (Wildman–Crippen MR) is 118 cm³/mol. The minimum absolute atomic E-state index is 0.610. The van der Waals surface area contributed by atoms with Gasteiger partial charge in [-0.3, -0.25) is 0 Å². The molecule has 0 bridgehead atoms. The van der Waals surface area contributed by atoms with Crippen molar-refractivity contribution in [3.05, 3.63) is 64.8 Å². The molecular weight excluding hydrogens is 398 g/mol. The molecule has 7 heteroatoms. The number of carbonyl (C=O) groups is 2. The summed E-state index contributed by atoms with van der Waals surface area (Å²) in [4.78, 5) is 22.8. The highest BCUT2D eigenvalue weighted by molar-refractivity contribution is 6.27. The Morgan fingerprint density at radius 1 is 0.871 bits per heavy atom. The number of aromatic nitrogens is 1. The number of hydrogen-bond donors (Lipinski definition) is 2. The summed E-state index contributed by atoms with van der Waals surface area (Å²) in [7, 11) is 0. The SMILES string of the molecule is Cc1cc(C)c(OCCCOc2cccc3ccc(C)nc23)c(C)c1.O=C(O)C(=O)O. The monoisotopic (exact) mass is 425 g/mol. The fourth-order valence-corrected chi connectivity index (χ4v) is 3.14. The molecule has 2 aromatic carbocycles. The summed E-state index contributed by atoms with van der Waals surface area (Å²) in [5, 5.41) is 15.9. The number of nitrogens with zero attached hydrogens (tertiary/aromatic N) is 1. The first-order valence-electron chi connectivity index (χ1n) is 9.85. The highest BCUT2D eigenvalue weighted by Crippen LogP contribution is 2.25. The van der Waals surface area contributed by atoms with E-state index in [4.69, 9.17) is 29.3 Å². The fraction of sp³-hybridized carbons (Fsp3) is 0.292. The van der Waals surface area contributed by atoms with Crippen LogP contribution in [0.4, 0.5) is 0 Å². The maximum absolute atomic E-state index is 9.10. The molecule has 0 atom stereocenters. The molecule has 0 spiro atoms. The highest BCUT2D eigenvalue weighted by Gasteiger charge is 2.06. The summed E-state index contributed by atoms with van der Waals surface area (Å²) in [5.74, 6) is -1.82. The smallest absolute Gasteiger partial charge is 0.414 e. The van der Waals surface area contributed by atoms with E-state index >= 15 is 0 Å². The molecule has 0 aliphatic carbocycles. The van der Waals surface area contributed by atoms with Crippen LogP contribution in [0.25, 0.3) is 10.9 Å². The lowest BCUT2D eigenvalue weighted by atomic mass is 10.1. The van der Waals surface area contributed by atoms with Gasteiger partial charge in [0, 0.05) is 17.5 Å². The second-order valence-electron chi connectivity index (χ2n) is 7.17. The lowest BCUT2D eigenvalue weighted by molar-refractivity contribution is -0.159. The fourth-order valence-electron chi connectivity index (χ4n) is 3.14. The van der Waals surface area contributed by atoms with E-state index in [2.05, 4.69) is 50.0 Å². The van der Waals surface area contributed by atoms with Gasteiger partial charge in [0.25, 0.3) is 0 Å². The molecule has 1 aromatic heterocycles. The van der Waals surface area contributed by atoms with E-state index in [-0.39, 0.29) is 0 Å². The summed E-state index contributed by atoms with van der Waals surface area (Å²) in [5.41, 5.74) is 5.56. The van der Waals surface area contributed by atoms with Gasteiger partial charge < -0.3 is 19.7 Å². The Labute approximate surface area is 181 Å². The molecule has 0 saturated heterocycles. The van der Waals surface area contributed by atoms with Gasteiger partial charge in [0.05, 0.1) is 13.2 Å². The third kappa shape index (κ3) is 6.99. The summed E-state index contributed by atoms with van der Waals surface area (Å²) in [6.07, 6.45) is 0.828. The Morgan fingerprint density at radius 3 is 2.10 bits per heavy atom. The number of rotatable bonds is 6. The zero-order valence-electron chi connectivity index (χ0n) is 18.1. The van der Waals surface area contributed by atoms with Crippen molar-refractivity contribution in [1.82, 2.24) is 4.98 Å². The van der Waals surface area contributed by atoms with E-state index in [1.807, 2.05) is 25.1 Å². The van der Waals surface area contributed by atoms with E-state index in [1.54, 1.807) is 0 Å². The van der Waals surface area contributed by atoms with E-state index in [9.17, 15) is 0 Å². The molecule has 0 aliphatic heterocycles. The molecule has 2 N–H and O–H groups in total. The summed E-state index contributed by atoms with van der Waals surface area (Å²) in [6, 6.07) is 14.4. The van der Waals surface area contributed by atoms with E-state index < -0.39 is 11.9 Å². The molecule has 0 aliphatic rings. The Morgan fingerprint density at radius 2 is 1.48 bits per heavy atom. The Kier molecular flexibility index (Phi) is 8.37. The van der Waals surface area contributed by atoms with Crippen molar-refractivity contribution >= 4 is 22.8 Å². The molecule has 1 heterocycles. The summed E-state index contributed by atoms with van der Waals surface area (Å²) < 4.78 is 11.9. The molecule has 31 heavy (non-hydrogen) atoms. The van der Waals surface area contributed by atoms with Crippen molar-refractivity contribution in [3.63, 3.8) is 0 Å². The zero-order chi connectivity index (χ0) is 23.0. The van der Waals surface area contributed by atoms with Gasteiger partial charge in [0.15, 0.2) is 0 Å². The lowest BCUT2D eigenvalue weighted by Gasteiger charge is -2.14. The molecule has 0 amide bonds. The molecule has 0 unspecified atom stereocenters. The molecule has 3 aromatic rings. The van der Waals surface area contributed by atoms with E-state index in [0.29, 0.717) is 13.2 Å². The number of carboxylic acid groups (broad SMARTS) is 2. The maximum atomic E-state index is 9.10. The number of benzene rings is 2. The van der Waals surface area contributed by atoms with Gasteiger partial charge in [-0.25, -0.2) is 14.6 Å². The van der Waals surface area contributed by atoms with Crippen molar-refractivity contribution in [3.8, 4) is 11.5 Å². The summed E-state index contributed by atoms with van der Waals surface area (Å²) >= 11 is 0. The average molecular weight is 425 g/mol. The number of aryl methyl sites for hydroxylation is 4. The number of hydrogen-bond acceptors (Lipinski definition) is 5. The number of fused-ring (bicyclic) bond motifs is 1. The number of aliphatic carboxylic acids is 2. The zero-order valence-corrected chi connectivity index (χ0v) is 18.1. The van der Waals surface area contributed by atoms with Crippen molar-refractivity contribution < 1.29 is 29.3 Å². The topological polar surface area (TPSA) is 106 Å². The normalized spacial score (nSPS) is 10.2. The number of pyridine rings is 1. The van der Waals surface area contributed by atoms with Crippen LogP contribution in [0.15, 0.2) is 42.5 Å². The standard InChI is InChI=1S/C22H25NO2.C2H2O4/c1-15-13-16(2)22(17(3)14-15)25-12-6-11-24-20-8-5-7-19-10-9-18(4)23-21(19)20;3-1(4)2(5)6/h5,7-10,13-14H,6,11-12H2,1-4H3;(H,3,4)(H,5,6). The molecule has 7 nitrogen and oxygen atoms in total. The van der Waals surface area contributed by atoms with Crippen molar-refractivity contribution in [2.75, 3.05) is 13.2 Å². The van der Waals surface area contributed by atoms with Crippen LogP contribution in [0, 0.1) is 27.7 Å². The van der Waals surface area contributed by atoms with Gasteiger partial charge in [0.1, 0.15) is 17.0 Å². The Bertz CT molecular complexity index is 1040. The minimum atomic E-state index is -1.82. The van der Waals surface area contributed by atoms with Crippen LogP contribution >= 0.6 is 0 Å². The molecule has 164 valence electrons. The van der Waals surface area contributed by atoms with Gasteiger partial charge in [-0.15, -0.1) is 0 Å². The van der Waals surface area contributed by atoms with Gasteiger partial charge >= 0.3 is 11.9 Å². The highest BCUT2D eigenvalue weighted by atomic mass is 16.5. The van der Waals surface area contributed by atoms with Gasteiger partial charge in [-0.2, -0.15) is 0 Å². The van der Waals surface area contributed by atoms with Crippen LogP contribution in [-0.2, 0) is 9.59 Å². The van der Waals surface area contributed by atoms with Crippen LogP contribution in [0.2, 0.25) is 0 Å². The molecule has 3 rings (SSSR count). The van der Waals surface area contributed by atoms with Crippen LogP contribution < -0.4 is 9.47 Å². The van der Waals surface area contributed by atoms with Crippen LogP contribution in [0.3, 0.4) is 0 Å². The van der Waals surface area contributed by atoms with Gasteiger partial charge in [0.2, 0.25) is 0 Å². The largest absolute Gasteiger partial charge is 0.493 e. The summed E-state index contributed by atoms with van der Waals surface area (Å²) in [6.45, 7) is 9.54. The quantitative estimate of drug-likeness (QED) is 0.443. The van der Waals surface area contributed by atoms with Crippen LogP contribution in [0.5, 0.6) is 11.5 Å². The maximum Gasteiger partial charge on any atom is 0.414 e. The minimum Gasteiger partial charge on any atom is -0.493 e. The first kappa shape index (κ1) is 23.7. The third-order valence-corrected chi connectivity index (χ3v) is 4.40. The van der Waals surface area contributed by atoms with Crippen molar-refractivity contribution in [1.29, 1.82) is 0 Å². The van der Waals surface area contributed by atoms with Crippen molar-refractivity contribution in [2.45, 2.75) is 34.1 Å². The molecular formula is C24H27NO6. The Balaban J connectivity index is 0.000000501. The number of carboxylic acids is 2. The second kappa shape index (κ2) is 11.0.